The minimum atomic E-state index is -1.07. The van der Waals surface area contributed by atoms with Crippen LogP contribution >= 0.6 is 11.6 Å². The zero-order chi connectivity index (χ0) is 21.9. The van der Waals surface area contributed by atoms with Gasteiger partial charge in [-0.3, -0.25) is 9.59 Å². The van der Waals surface area contributed by atoms with E-state index in [0.29, 0.717) is 5.92 Å². The van der Waals surface area contributed by atoms with Crippen molar-refractivity contribution in [2.45, 2.75) is 83.1 Å². The van der Waals surface area contributed by atoms with Gasteiger partial charge < -0.3 is 14.8 Å². The standard InChI is InChI=1S/C23H30ClNO5/c1-4-5-6-7-8-14(2)11-15(3)9-10-18(26)25-17-13-23(30-22(17)28)12-16(24)19(27)20-21(23)29-20/h9-12,14,17,20-21H,4-8,13H2,1-3H3,(H,25,26)/b10-9+,15-11+/t14-,17+,20-,21-,23-/m1/s1. The van der Waals surface area contributed by atoms with Crippen LogP contribution in [0.4, 0.5) is 0 Å². The molecule has 6 nitrogen and oxygen atoms in total. The molecule has 1 N–H and O–H groups in total. The number of ketones is 1. The van der Waals surface area contributed by atoms with Crippen molar-refractivity contribution in [3.8, 4) is 0 Å². The molecule has 0 unspecified atom stereocenters. The van der Waals surface area contributed by atoms with E-state index in [1.54, 1.807) is 6.08 Å². The third-order valence-corrected chi connectivity index (χ3v) is 6.11. The Morgan fingerprint density at radius 3 is 2.83 bits per heavy atom. The first-order chi connectivity index (χ1) is 14.3. The van der Waals surface area contributed by atoms with Gasteiger partial charge in [-0.1, -0.05) is 68.9 Å². The van der Waals surface area contributed by atoms with Crippen LogP contribution in [0.15, 0.2) is 34.9 Å². The number of carbonyl (C=O) groups excluding carboxylic acids is 3. The highest BCUT2D eigenvalue weighted by Gasteiger charge is 2.66. The van der Waals surface area contributed by atoms with Gasteiger partial charge in [0.15, 0.2) is 11.7 Å². The van der Waals surface area contributed by atoms with Gasteiger partial charge in [0.2, 0.25) is 11.7 Å². The molecule has 1 aliphatic carbocycles. The Hall–Kier alpha value is -1.92. The molecule has 7 heteroatoms. The first-order valence-electron chi connectivity index (χ1n) is 10.7. The van der Waals surface area contributed by atoms with Crippen molar-refractivity contribution in [3.63, 3.8) is 0 Å². The number of Topliss-reactive ketones (excluding diaryl/α,β-unsaturated/α-hetero) is 1. The van der Waals surface area contributed by atoms with Crippen LogP contribution in [0.3, 0.4) is 0 Å². The van der Waals surface area contributed by atoms with E-state index in [9.17, 15) is 14.4 Å². The SMILES string of the molecule is CCCCCC[C@@H](C)/C=C(C)/C=C/C(=O)N[C@H]1C[C@@]2(C=C(Cl)C(=O)[C@H]3O[C@H]32)OC1=O. The number of hydrogen-bond acceptors (Lipinski definition) is 5. The lowest BCUT2D eigenvalue weighted by molar-refractivity contribution is -0.148. The summed E-state index contributed by atoms with van der Waals surface area (Å²) >= 11 is 5.97. The van der Waals surface area contributed by atoms with Crippen LogP contribution in [-0.4, -0.2) is 41.5 Å². The molecule has 3 rings (SSSR count). The zero-order valence-electron chi connectivity index (χ0n) is 17.8. The Labute approximate surface area is 182 Å². The molecule has 0 aromatic heterocycles. The predicted octanol–water partition coefficient (Wildman–Crippen LogP) is 3.74. The topological polar surface area (TPSA) is 85.0 Å². The first kappa shape index (κ1) is 22.8. The van der Waals surface area contributed by atoms with Crippen LogP contribution in [-0.2, 0) is 23.9 Å². The van der Waals surface area contributed by atoms with Crippen molar-refractivity contribution in [2.75, 3.05) is 0 Å². The maximum atomic E-state index is 12.3. The quantitative estimate of drug-likeness (QED) is 0.196. The molecule has 2 fully saturated rings. The van der Waals surface area contributed by atoms with E-state index in [1.165, 1.54) is 37.8 Å². The Morgan fingerprint density at radius 2 is 2.10 bits per heavy atom. The largest absolute Gasteiger partial charge is 0.450 e. The molecule has 1 amide bonds. The summed E-state index contributed by atoms with van der Waals surface area (Å²) in [4.78, 5) is 36.4. The molecule has 2 aliphatic heterocycles. The van der Waals surface area contributed by atoms with Crippen LogP contribution in [0, 0.1) is 5.92 Å². The third-order valence-electron chi connectivity index (χ3n) is 5.81. The van der Waals surface area contributed by atoms with Crippen LogP contribution in [0.5, 0.6) is 0 Å². The second-order valence-electron chi connectivity index (χ2n) is 8.55. The monoisotopic (exact) mass is 435 g/mol. The van der Waals surface area contributed by atoms with Crippen molar-refractivity contribution in [1.29, 1.82) is 0 Å². The minimum Gasteiger partial charge on any atom is -0.450 e. The number of allylic oxidation sites excluding steroid dienone is 3. The molecule has 2 heterocycles. The average molecular weight is 436 g/mol. The van der Waals surface area contributed by atoms with E-state index in [2.05, 4.69) is 25.2 Å². The summed E-state index contributed by atoms with van der Waals surface area (Å²) in [5.41, 5.74) is -0.0643. The fraction of sp³-hybridized carbons (Fsp3) is 0.609. The summed E-state index contributed by atoms with van der Waals surface area (Å²) in [6.07, 6.45) is 11.9. The molecule has 30 heavy (non-hydrogen) atoms. The summed E-state index contributed by atoms with van der Waals surface area (Å²) in [5.74, 6) is -0.751. The van der Waals surface area contributed by atoms with Crippen LogP contribution in [0.1, 0.15) is 59.3 Å². The number of halogens is 1. The molecular weight excluding hydrogens is 406 g/mol. The van der Waals surface area contributed by atoms with Gasteiger partial charge >= 0.3 is 5.97 Å². The number of ether oxygens (including phenoxy) is 2. The van der Waals surface area contributed by atoms with Gasteiger partial charge in [-0.15, -0.1) is 0 Å². The molecule has 164 valence electrons. The van der Waals surface area contributed by atoms with E-state index < -0.39 is 29.8 Å². The summed E-state index contributed by atoms with van der Waals surface area (Å²) < 4.78 is 10.8. The van der Waals surface area contributed by atoms with E-state index in [1.807, 2.05) is 6.92 Å². The number of fused-ring (bicyclic) bond motifs is 2. The number of nitrogens with one attached hydrogen (secondary N) is 1. The maximum absolute atomic E-state index is 12.3. The van der Waals surface area contributed by atoms with Gasteiger partial charge in [0.05, 0.1) is 5.03 Å². The fourth-order valence-corrected chi connectivity index (χ4v) is 4.46. The number of amides is 1. The van der Waals surface area contributed by atoms with Gasteiger partial charge in [0, 0.05) is 12.5 Å². The van der Waals surface area contributed by atoms with E-state index >= 15 is 0 Å². The number of hydrogen-bond donors (Lipinski definition) is 1. The molecular formula is C23H30ClNO5. The number of carbonyl (C=O) groups is 3. The molecule has 2 saturated heterocycles. The van der Waals surface area contributed by atoms with Crippen molar-refractivity contribution in [1.82, 2.24) is 5.32 Å². The highest BCUT2D eigenvalue weighted by atomic mass is 35.5. The predicted molar refractivity (Wildman–Crippen MR) is 114 cm³/mol. The van der Waals surface area contributed by atoms with Gasteiger partial charge in [0.1, 0.15) is 12.1 Å². The summed E-state index contributed by atoms with van der Waals surface area (Å²) in [7, 11) is 0. The van der Waals surface area contributed by atoms with Crippen molar-refractivity contribution in [2.24, 2.45) is 5.92 Å². The van der Waals surface area contributed by atoms with Gasteiger partial charge in [-0.2, -0.15) is 0 Å². The summed E-state index contributed by atoms with van der Waals surface area (Å²) in [6.45, 7) is 6.34. The van der Waals surface area contributed by atoms with Crippen molar-refractivity contribution >= 4 is 29.3 Å². The Balaban J connectivity index is 1.51. The van der Waals surface area contributed by atoms with Crippen LogP contribution in [0.25, 0.3) is 0 Å². The summed E-state index contributed by atoms with van der Waals surface area (Å²) in [5, 5.41) is 2.69. The van der Waals surface area contributed by atoms with Crippen LogP contribution in [0.2, 0.25) is 0 Å². The normalized spacial score (nSPS) is 31.5. The highest BCUT2D eigenvalue weighted by molar-refractivity contribution is 6.44. The molecule has 1 spiro atoms. The number of epoxide rings is 1. The van der Waals surface area contributed by atoms with Gasteiger partial charge in [-0.05, 0) is 25.3 Å². The zero-order valence-corrected chi connectivity index (χ0v) is 18.5. The Kier molecular flexibility index (Phi) is 7.19. The van der Waals surface area contributed by atoms with Gasteiger partial charge in [-0.25, -0.2) is 4.79 Å². The maximum Gasteiger partial charge on any atom is 0.329 e. The molecule has 0 aromatic carbocycles. The molecule has 0 aromatic rings. The van der Waals surface area contributed by atoms with Gasteiger partial charge in [0.25, 0.3) is 0 Å². The lowest BCUT2D eigenvalue weighted by atomic mass is 9.86. The fourth-order valence-electron chi connectivity index (χ4n) is 4.17. The lowest BCUT2D eigenvalue weighted by Gasteiger charge is -2.24. The third kappa shape index (κ3) is 5.22. The minimum absolute atomic E-state index is 0.0120. The highest BCUT2D eigenvalue weighted by Crippen LogP contribution is 2.48. The molecule has 0 bridgehead atoms. The second-order valence-corrected chi connectivity index (χ2v) is 8.95. The van der Waals surface area contributed by atoms with Crippen LogP contribution < -0.4 is 5.32 Å². The van der Waals surface area contributed by atoms with E-state index in [4.69, 9.17) is 21.1 Å². The number of rotatable bonds is 9. The first-order valence-corrected chi connectivity index (χ1v) is 11.1. The molecule has 0 saturated carbocycles. The average Bonchev–Trinajstić information content (AvgIpc) is 3.44. The van der Waals surface area contributed by atoms with Crippen molar-refractivity contribution in [3.05, 3.63) is 34.9 Å². The second kappa shape index (κ2) is 9.48. The summed E-state index contributed by atoms with van der Waals surface area (Å²) in [6, 6.07) is -0.803. The molecule has 5 atom stereocenters. The van der Waals surface area contributed by atoms with Crippen molar-refractivity contribution < 1.29 is 23.9 Å². The molecule has 3 aliphatic rings. The Bertz CT molecular complexity index is 801. The smallest absolute Gasteiger partial charge is 0.329 e. The number of unbranched alkanes of at least 4 members (excludes halogenated alkanes) is 3. The Morgan fingerprint density at radius 1 is 1.33 bits per heavy atom. The lowest BCUT2D eigenvalue weighted by Crippen LogP contribution is -2.41. The van der Waals surface area contributed by atoms with E-state index in [0.717, 1.165) is 12.0 Å². The molecule has 0 radical (unpaired) electrons. The number of esters is 1. The van der Waals surface area contributed by atoms with E-state index in [-0.39, 0.29) is 23.1 Å².